The number of hydrogen-bond donors (Lipinski definition) is 1. The Hall–Kier alpha value is -3.32. The molecule has 2 bridgehead atoms. The van der Waals surface area contributed by atoms with E-state index in [9.17, 15) is 23.1 Å². The highest BCUT2D eigenvalue weighted by Gasteiger charge is 2.51. The Labute approximate surface area is 213 Å². The summed E-state index contributed by atoms with van der Waals surface area (Å²) < 4.78 is 46.1. The summed E-state index contributed by atoms with van der Waals surface area (Å²) in [6, 6.07) is 19.5. The summed E-state index contributed by atoms with van der Waals surface area (Å²) >= 11 is 0. The third-order valence-electron chi connectivity index (χ3n) is 8.26. The monoisotopic (exact) mass is 507 g/mol. The summed E-state index contributed by atoms with van der Waals surface area (Å²) in [5.41, 5.74) is 3.10. The van der Waals surface area contributed by atoms with Crippen LogP contribution in [-0.4, -0.2) is 34.8 Å². The zero-order valence-electron chi connectivity index (χ0n) is 20.5. The first-order valence-electron chi connectivity index (χ1n) is 12.7. The molecule has 37 heavy (non-hydrogen) atoms. The van der Waals surface area contributed by atoms with Crippen molar-refractivity contribution in [3.05, 3.63) is 94.5 Å². The van der Waals surface area contributed by atoms with Crippen molar-refractivity contribution in [2.45, 2.75) is 62.4 Å². The number of nitrogens with zero attached hydrogens (tertiary/aromatic N) is 1. The molecule has 4 nitrogen and oxygen atoms in total. The second-order valence-electron chi connectivity index (χ2n) is 10.6. The molecule has 3 aromatic carbocycles. The van der Waals surface area contributed by atoms with Gasteiger partial charge in [-0.3, -0.25) is 0 Å². The van der Waals surface area contributed by atoms with E-state index in [2.05, 4.69) is 24.3 Å². The van der Waals surface area contributed by atoms with Gasteiger partial charge in [0.15, 0.2) is 0 Å². The van der Waals surface area contributed by atoms with E-state index in [0.717, 1.165) is 34.4 Å². The molecule has 1 N–H and O–H groups in total. The lowest BCUT2D eigenvalue weighted by molar-refractivity contribution is -0.137. The number of ether oxygens (including phenoxy) is 1. The fourth-order valence-electron chi connectivity index (χ4n) is 6.64. The van der Waals surface area contributed by atoms with E-state index < -0.39 is 23.4 Å². The van der Waals surface area contributed by atoms with Crippen LogP contribution in [-0.2, 0) is 16.5 Å². The average Bonchev–Trinajstić information content (AvgIpc) is 3.34. The van der Waals surface area contributed by atoms with Gasteiger partial charge in [-0.25, -0.2) is 4.79 Å². The largest absolute Gasteiger partial charge is 0.448 e. The summed E-state index contributed by atoms with van der Waals surface area (Å²) in [6.45, 7) is 1.81. The van der Waals surface area contributed by atoms with Crippen LogP contribution in [0.25, 0.3) is 11.1 Å². The molecule has 2 aliphatic heterocycles. The van der Waals surface area contributed by atoms with Crippen LogP contribution in [0.15, 0.2) is 66.7 Å². The van der Waals surface area contributed by atoms with Crippen LogP contribution in [0.3, 0.4) is 0 Å². The maximum atomic E-state index is 13.4. The number of alkyl halides is 3. The van der Waals surface area contributed by atoms with E-state index in [1.54, 1.807) is 17.9 Å². The molecule has 6 rings (SSSR count). The Morgan fingerprint density at radius 3 is 2.11 bits per heavy atom. The predicted molar refractivity (Wildman–Crippen MR) is 133 cm³/mol. The van der Waals surface area contributed by atoms with E-state index >= 15 is 0 Å². The number of halogens is 3. The minimum Gasteiger partial charge on any atom is -0.448 e. The lowest BCUT2D eigenvalue weighted by Crippen LogP contribution is -2.52. The number of aryl methyl sites for hydroxylation is 1. The van der Waals surface area contributed by atoms with Gasteiger partial charge in [0, 0.05) is 30.8 Å². The molecule has 0 saturated carbocycles. The van der Waals surface area contributed by atoms with E-state index in [4.69, 9.17) is 4.74 Å². The van der Waals surface area contributed by atoms with Gasteiger partial charge in [0.25, 0.3) is 0 Å². The van der Waals surface area contributed by atoms with Gasteiger partial charge < -0.3 is 14.7 Å². The number of carbonyl (C=O) groups is 1. The molecule has 2 fully saturated rings. The summed E-state index contributed by atoms with van der Waals surface area (Å²) in [4.78, 5) is 15.0. The molecule has 0 radical (unpaired) electrons. The van der Waals surface area contributed by atoms with Gasteiger partial charge >= 0.3 is 12.3 Å². The van der Waals surface area contributed by atoms with E-state index in [1.807, 2.05) is 24.3 Å². The minimum atomic E-state index is -4.49. The highest BCUT2D eigenvalue weighted by Crippen LogP contribution is 2.48. The number of piperidine rings is 1. The summed E-state index contributed by atoms with van der Waals surface area (Å²) in [5, 5.41) is 11.5. The van der Waals surface area contributed by atoms with Crippen LogP contribution in [0.2, 0.25) is 0 Å². The molecule has 3 aliphatic rings. The van der Waals surface area contributed by atoms with Gasteiger partial charge in [0.05, 0.1) is 11.2 Å². The first kappa shape index (κ1) is 24.0. The smallest absolute Gasteiger partial charge is 0.416 e. The van der Waals surface area contributed by atoms with Crippen molar-refractivity contribution in [3.8, 4) is 11.1 Å². The maximum Gasteiger partial charge on any atom is 0.416 e. The van der Waals surface area contributed by atoms with Crippen LogP contribution in [0, 0.1) is 6.92 Å². The van der Waals surface area contributed by atoms with Crippen LogP contribution >= 0.6 is 0 Å². The molecular weight excluding hydrogens is 479 g/mol. The fraction of sp³-hybridized carbons (Fsp3) is 0.367. The van der Waals surface area contributed by atoms with Crippen LogP contribution in [0.4, 0.5) is 18.0 Å². The van der Waals surface area contributed by atoms with Gasteiger partial charge in [-0.05, 0) is 59.7 Å². The fourth-order valence-corrected chi connectivity index (χ4v) is 6.64. The highest BCUT2D eigenvalue weighted by atomic mass is 19.4. The van der Waals surface area contributed by atoms with Crippen molar-refractivity contribution in [2.75, 3.05) is 6.61 Å². The third-order valence-corrected chi connectivity index (χ3v) is 8.26. The van der Waals surface area contributed by atoms with Crippen molar-refractivity contribution in [3.63, 3.8) is 0 Å². The first-order valence-corrected chi connectivity index (χ1v) is 12.7. The van der Waals surface area contributed by atoms with Gasteiger partial charge in [-0.1, -0.05) is 60.2 Å². The molecule has 2 unspecified atom stereocenters. The lowest BCUT2D eigenvalue weighted by Gasteiger charge is -2.43. The second-order valence-corrected chi connectivity index (χ2v) is 10.6. The lowest BCUT2D eigenvalue weighted by atomic mass is 9.79. The Morgan fingerprint density at radius 1 is 0.973 bits per heavy atom. The minimum absolute atomic E-state index is 0.0520. The van der Waals surface area contributed by atoms with E-state index in [1.165, 1.54) is 0 Å². The number of hydrogen-bond acceptors (Lipinski definition) is 3. The quantitative estimate of drug-likeness (QED) is 0.425. The molecule has 2 saturated heterocycles. The van der Waals surface area contributed by atoms with Gasteiger partial charge in [-0.2, -0.15) is 13.2 Å². The molecule has 2 heterocycles. The van der Waals surface area contributed by atoms with E-state index in [-0.39, 0.29) is 43.0 Å². The Balaban J connectivity index is 1.19. The Kier molecular flexibility index (Phi) is 5.60. The predicted octanol–water partition coefficient (Wildman–Crippen LogP) is 6.78. The number of aliphatic hydroxyl groups is 1. The molecule has 1 amide bonds. The van der Waals surface area contributed by atoms with Crippen molar-refractivity contribution in [2.24, 2.45) is 0 Å². The first-order chi connectivity index (χ1) is 17.6. The zero-order chi connectivity index (χ0) is 25.9. The normalized spacial score (nSPS) is 24.6. The van der Waals surface area contributed by atoms with Gasteiger partial charge in [0.2, 0.25) is 0 Å². The molecule has 0 aromatic heterocycles. The summed E-state index contributed by atoms with van der Waals surface area (Å²) in [5.74, 6) is -0.0520. The molecular formula is C30H28F3NO3. The maximum absolute atomic E-state index is 13.4. The van der Waals surface area contributed by atoms with Crippen molar-refractivity contribution in [1.29, 1.82) is 0 Å². The van der Waals surface area contributed by atoms with Gasteiger partial charge in [0.1, 0.15) is 6.61 Å². The number of fused-ring (bicyclic) bond motifs is 5. The van der Waals surface area contributed by atoms with Crippen LogP contribution < -0.4 is 0 Å². The highest BCUT2D eigenvalue weighted by molar-refractivity contribution is 5.79. The number of carbonyl (C=O) groups excluding carboxylic acids is 1. The van der Waals surface area contributed by atoms with Crippen molar-refractivity contribution >= 4 is 6.09 Å². The van der Waals surface area contributed by atoms with Gasteiger partial charge in [-0.15, -0.1) is 0 Å². The third kappa shape index (κ3) is 4.09. The Bertz CT molecular complexity index is 1310. The number of amides is 1. The number of rotatable bonds is 3. The zero-order valence-corrected chi connectivity index (χ0v) is 20.5. The van der Waals surface area contributed by atoms with Crippen molar-refractivity contribution < 1.29 is 27.8 Å². The average molecular weight is 508 g/mol. The molecule has 7 heteroatoms. The van der Waals surface area contributed by atoms with Crippen LogP contribution in [0.5, 0.6) is 0 Å². The standard InChI is InChI=1S/C30H28F3NO3/c1-18-12-19(14-20(13-18)30(31,32)33)29(36)15-21-10-11-22(16-29)34(21)28(35)37-17-27-25-8-4-2-6-23(25)24-7-3-5-9-26(24)27/h2-9,12-14,21-22,27,36H,10-11,15-17H2,1H3. The van der Waals surface area contributed by atoms with E-state index in [0.29, 0.717) is 18.4 Å². The van der Waals surface area contributed by atoms with Crippen molar-refractivity contribution in [1.82, 2.24) is 4.90 Å². The molecule has 192 valence electrons. The topological polar surface area (TPSA) is 49.8 Å². The summed E-state index contributed by atoms with van der Waals surface area (Å²) in [7, 11) is 0. The summed E-state index contributed by atoms with van der Waals surface area (Å²) in [6.07, 6.45) is -3.15. The Morgan fingerprint density at radius 2 is 1.54 bits per heavy atom. The molecule has 2 atom stereocenters. The second kappa shape index (κ2) is 8.62. The number of benzene rings is 3. The SMILES string of the molecule is Cc1cc(C(F)(F)F)cc(C2(O)CC3CCC(C2)N3C(=O)OCC2c3ccccc3-c3ccccc32)c1. The molecule has 1 aliphatic carbocycles. The molecule has 3 aromatic rings. The van der Waals surface area contributed by atoms with Crippen LogP contribution in [0.1, 0.15) is 59.4 Å². The molecule has 0 spiro atoms.